The van der Waals surface area contributed by atoms with Crippen molar-refractivity contribution in [3.8, 4) is 0 Å². The fraction of sp³-hybridized carbons (Fsp3) is 0.900. The summed E-state index contributed by atoms with van der Waals surface area (Å²) in [7, 11) is 2.91. The Morgan fingerprint density at radius 2 is 1.88 bits per heavy atom. The van der Waals surface area contributed by atoms with Crippen molar-refractivity contribution in [2.75, 3.05) is 14.2 Å². The van der Waals surface area contributed by atoms with Crippen molar-refractivity contribution in [2.24, 2.45) is 0 Å². The molecule has 1 saturated heterocycles. The molecule has 5 atom stereocenters. The Kier molecular flexibility index (Phi) is 4.67. The molecule has 16 heavy (non-hydrogen) atoms. The number of carbonyl (C=O) groups is 1. The van der Waals surface area contributed by atoms with Crippen LogP contribution in [0.15, 0.2) is 0 Å². The van der Waals surface area contributed by atoms with Crippen molar-refractivity contribution in [1.29, 1.82) is 0 Å². The molecule has 0 aromatic heterocycles. The molecule has 94 valence electrons. The van der Waals surface area contributed by atoms with E-state index in [9.17, 15) is 9.90 Å². The van der Waals surface area contributed by atoms with Crippen molar-refractivity contribution >= 4 is 5.97 Å². The van der Waals surface area contributed by atoms with Crippen molar-refractivity contribution in [2.45, 2.75) is 44.6 Å². The second kappa shape index (κ2) is 5.58. The predicted octanol–water partition coefficient (Wildman–Crippen LogP) is -0.315. The molecule has 1 fully saturated rings. The Morgan fingerprint density at radius 1 is 1.25 bits per heavy atom. The fourth-order valence-electron chi connectivity index (χ4n) is 1.75. The van der Waals surface area contributed by atoms with Gasteiger partial charge in [-0.3, -0.25) is 4.79 Å². The van der Waals surface area contributed by atoms with Gasteiger partial charge in [0.15, 0.2) is 12.4 Å². The predicted molar refractivity (Wildman–Crippen MR) is 53.7 cm³/mol. The molecular weight excluding hydrogens is 216 g/mol. The standard InChI is InChI=1S/C10H18O6/c1-5-7(12)8(16-6(2)11)9(13-3)10(14-4)15-5/h5,7-10,12H,1-4H3/t5-,7+,8+,9+,10+/m0/s1. The number of carbonyl (C=O) groups excluding carboxylic acids is 1. The summed E-state index contributed by atoms with van der Waals surface area (Å²) >= 11 is 0. The minimum absolute atomic E-state index is 0.477. The van der Waals surface area contributed by atoms with E-state index in [4.69, 9.17) is 18.9 Å². The van der Waals surface area contributed by atoms with Crippen molar-refractivity contribution < 1.29 is 28.8 Å². The topological polar surface area (TPSA) is 74.2 Å². The van der Waals surface area contributed by atoms with Crippen LogP contribution in [0.25, 0.3) is 0 Å². The molecule has 1 heterocycles. The molecule has 0 spiro atoms. The van der Waals surface area contributed by atoms with E-state index in [0.29, 0.717) is 0 Å². The van der Waals surface area contributed by atoms with Gasteiger partial charge < -0.3 is 24.1 Å². The van der Waals surface area contributed by atoms with Gasteiger partial charge in [-0.15, -0.1) is 0 Å². The minimum atomic E-state index is -0.930. The molecule has 6 nitrogen and oxygen atoms in total. The number of ether oxygens (including phenoxy) is 4. The lowest BCUT2D eigenvalue weighted by atomic mass is 9.99. The highest BCUT2D eigenvalue weighted by molar-refractivity contribution is 5.66. The summed E-state index contributed by atoms with van der Waals surface area (Å²) in [6.45, 7) is 2.96. The van der Waals surface area contributed by atoms with Gasteiger partial charge in [0.05, 0.1) is 6.10 Å². The Bertz CT molecular complexity index is 243. The third-order valence-corrected chi connectivity index (χ3v) is 2.56. The molecule has 0 unspecified atom stereocenters. The summed E-state index contributed by atoms with van der Waals surface area (Å²) in [6.07, 6.45) is -3.50. The maximum absolute atomic E-state index is 11.0. The van der Waals surface area contributed by atoms with Gasteiger partial charge in [0, 0.05) is 21.1 Å². The van der Waals surface area contributed by atoms with E-state index in [1.165, 1.54) is 21.1 Å². The first kappa shape index (κ1) is 13.4. The van der Waals surface area contributed by atoms with E-state index in [1.54, 1.807) is 6.92 Å². The monoisotopic (exact) mass is 234 g/mol. The molecule has 1 N–H and O–H groups in total. The summed E-state index contributed by atoms with van der Waals surface area (Å²) in [6, 6.07) is 0. The zero-order chi connectivity index (χ0) is 12.3. The van der Waals surface area contributed by atoms with Crippen LogP contribution in [0, 0.1) is 0 Å². The summed E-state index contributed by atoms with van der Waals surface area (Å²) in [5, 5.41) is 9.86. The van der Waals surface area contributed by atoms with E-state index >= 15 is 0 Å². The van der Waals surface area contributed by atoms with Crippen LogP contribution in [-0.2, 0) is 23.7 Å². The van der Waals surface area contributed by atoms with Crippen LogP contribution in [0.1, 0.15) is 13.8 Å². The number of aliphatic hydroxyl groups excluding tert-OH is 1. The summed E-state index contributed by atoms with van der Waals surface area (Å²) in [5.74, 6) is -0.477. The lowest BCUT2D eigenvalue weighted by Gasteiger charge is -2.41. The zero-order valence-electron chi connectivity index (χ0n) is 9.88. The van der Waals surface area contributed by atoms with Crippen molar-refractivity contribution in [3.05, 3.63) is 0 Å². The first-order chi connectivity index (χ1) is 7.51. The second-order valence-electron chi connectivity index (χ2n) is 3.71. The summed E-state index contributed by atoms with van der Waals surface area (Å²) in [5.41, 5.74) is 0. The summed E-state index contributed by atoms with van der Waals surface area (Å²) in [4.78, 5) is 11.0. The van der Waals surface area contributed by atoms with Gasteiger partial charge in [-0.2, -0.15) is 0 Å². The minimum Gasteiger partial charge on any atom is -0.457 e. The molecule has 1 rings (SSSR count). The number of hydrogen-bond donors (Lipinski definition) is 1. The molecule has 0 aromatic carbocycles. The van der Waals surface area contributed by atoms with Crippen molar-refractivity contribution in [3.63, 3.8) is 0 Å². The Labute approximate surface area is 94.4 Å². The number of esters is 1. The average molecular weight is 234 g/mol. The van der Waals surface area contributed by atoms with Gasteiger partial charge in [0.2, 0.25) is 0 Å². The first-order valence-corrected chi connectivity index (χ1v) is 5.07. The molecule has 1 aliphatic heterocycles. The maximum atomic E-state index is 11.0. The first-order valence-electron chi connectivity index (χ1n) is 5.07. The van der Waals surface area contributed by atoms with E-state index in [2.05, 4.69) is 0 Å². The SMILES string of the molecule is CO[C@@H]1O[C@@H](C)[C@@H](O)[C@@H](OC(C)=O)[C@H]1OC. The van der Waals surface area contributed by atoms with Crippen LogP contribution in [0.5, 0.6) is 0 Å². The van der Waals surface area contributed by atoms with E-state index in [0.717, 1.165) is 0 Å². The van der Waals surface area contributed by atoms with Crippen LogP contribution < -0.4 is 0 Å². The number of aliphatic hydroxyl groups is 1. The zero-order valence-corrected chi connectivity index (χ0v) is 9.88. The average Bonchev–Trinajstić information content (AvgIpc) is 2.23. The third kappa shape index (κ3) is 2.70. The van der Waals surface area contributed by atoms with Crippen LogP contribution in [-0.4, -0.2) is 56.0 Å². The van der Waals surface area contributed by atoms with Crippen LogP contribution >= 0.6 is 0 Å². The second-order valence-corrected chi connectivity index (χ2v) is 3.71. The molecule has 0 radical (unpaired) electrons. The van der Waals surface area contributed by atoms with E-state index < -0.39 is 36.7 Å². The molecule has 6 heteroatoms. The molecule has 0 aliphatic carbocycles. The van der Waals surface area contributed by atoms with Gasteiger partial charge in [0.1, 0.15) is 12.2 Å². The highest BCUT2D eigenvalue weighted by atomic mass is 16.7. The summed E-state index contributed by atoms with van der Waals surface area (Å²) < 4.78 is 20.6. The van der Waals surface area contributed by atoms with Crippen LogP contribution in [0.4, 0.5) is 0 Å². The number of methoxy groups -OCH3 is 2. The molecule has 0 saturated carbocycles. The molecule has 0 amide bonds. The van der Waals surface area contributed by atoms with Crippen molar-refractivity contribution in [1.82, 2.24) is 0 Å². The smallest absolute Gasteiger partial charge is 0.303 e. The Balaban J connectivity index is 2.82. The molecule has 0 aromatic rings. The number of hydrogen-bond acceptors (Lipinski definition) is 6. The van der Waals surface area contributed by atoms with Gasteiger partial charge in [-0.1, -0.05) is 0 Å². The molecular formula is C10H18O6. The lowest BCUT2D eigenvalue weighted by molar-refractivity contribution is -0.293. The lowest BCUT2D eigenvalue weighted by Crippen LogP contribution is -2.59. The van der Waals surface area contributed by atoms with Crippen LogP contribution in [0.3, 0.4) is 0 Å². The fourth-order valence-corrected chi connectivity index (χ4v) is 1.75. The number of rotatable bonds is 3. The van der Waals surface area contributed by atoms with Gasteiger partial charge >= 0.3 is 5.97 Å². The molecule has 1 aliphatic rings. The maximum Gasteiger partial charge on any atom is 0.303 e. The third-order valence-electron chi connectivity index (χ3n) is 2.56. The Morgan fingerprint density at radius 3 is 2.31 bits per heavy atom. The van der Waals surface area contributed by atoms with E-state index in [1.807, 2.05) is 0 Å². The normalized spacial score (nSPS) is 39.4. The van der Waals surface area contributed by atoms with E-state index in [-0.39, 0.29) is 0 Å². The molecule has 0 bridgehead atoms. The highest BCUT2D eigenvalue weighted by Gasteiger charge is 2.46. The van der Waals surface area contributed by atoms with Gasteiger partial charge in [0.25, 0.3) is 0 Å². The highest BCUT2D eigenvalue weighted by Crippen LogP contribution is 2.25. The largest absolute Gasteiger partial charge is 0.457 e. The van der Waals surface area contributed by atoms with Gasteiger partial charge in [-0.05, 0) is 6.92 Å². The quantitative estimate of drug-likeness (QED) is 0.675. The van der Waals surface area contributed by atoms with Gasteiger partial charge in [-0.25, -0.2) is 0 Å². The Hall–Kier alpha value is -0.690. The van der Waals surface area contributed by atoms with Crippen LogP contribution in [0.2, 0.25) is 0 Å².